The molecule has 0 aromatic heterocycles. The Morgan fingerprint density at radius 1 is 1.42 bits per heavy atom. The van der Waals surface area contributed by atoms with Gasteiger partial charge in [-0.1, -0.05) is 29.3 Å². The van der Waals surface area contributed by atoms with Crippen LogP contribution < -0.4 is 5.32 Å². The van der Waals surface area contributed by atoms with Crippen LogP contribution in [0.4, 0.5) is 0 Å². The van der Waals surface area contributed by atoms with E-state index in [0.29, 0.717) is 23.0 Å². The number of amides is 1. The van der Waals surface area contributed by atoms with E-state index >= 15 is 0 Å². The van der Waals surface area contributed by atoms with E-state index in [9.17, 15) is 4.79 Å². The zero-order valence-electron chi connectivity index (χ0n) is 11.0. The Balaban J connectivity index is 2.13. The monoisotopic (exact) mass is 300 g/mol. The summed E-state index contributed by atoms with van der Waals surface area (Å²) in [6.07, 6.45) is 2.56. The number of halogens is 2. The molecule has 2 rings (SSSR count). The molecule has 0 aliphatic carbocycles. The van der Waals surface area contributed by atoms with Gasteiger partial charge in [-0.15, -0.1) is 0 Å². The number of nitrogens with zero attached hydrogens (tertiary/aromatic N) is 1. The Hall–Kier alpha value is -0.770. The molecule has 3 nitrogen and oxygen atoms in total. The topological polar surface area (TPSA) is 32.3 Å². The predicted octanol–water partition coefficient (Wildman–Crippen LogP) is 3.27. The number of benzene rings is 1. The lowest BCUT2D eigenvalue weighted by Gasteiger charge is -2.25. The molecular weight excluding hydrogens is 283 g/mol. The second kappa shape index (κ2) is 6.60. The quantitative estimate of drug-likeness (QED) is 0.925. The largest absolute Gasteiger partial charge is 0.336 e. The van der Waals surface area contributed by atoms with E-state index in [2.05, 4.69) is 5.32 Å². The Labute approximate surface area is 123 Å². The van der Waals surface area contributed by atoms with Crippen LogP contribution in [0.3, 0.4) is 0 Å². The summed E-state index contributed by atoms with van der Waals surface area (Å²) in [5.41, 5.74) is 1.07. The van der Waals surface area contributed by atoms with Gasteiger partial charge in [-0.05, 0) is 37.6 Å². The summed E-state index contributed by atoms with van der Waals surface area (Å²) >= 11 is 12.0. The molecule has 0 saturated carbocycles. The zero-order valence-corrected chi connectivity index (χ0v) is 12.5. The van der Waals surface area contributed by atoms with Crippen LogP contribution in [-0.2, 0) is 4.79 Å². The molecule has 0 spiro atoms. The van der Waals surface area contributed by atoms with Crippen LogP contribution in [0.15, 0.2) is 18.2 Å². The maximum absolute atomic E-state index is 12.2. The third-order valence-electron chi connectivity index (χ3n) is 3.49. The summed E-state index contributed by atoms with van der Waals surface area (Å²) in [5.74, 6) is 0.197. The first kappa shape index (κ1) is 14.6. The summed E-state index contributed by atoms with van der Waals surface area (Å²) in [5, 5.41) is 4.11. The van der Waals surface area contributed by atoms with Crippen LogP contribution in [-0.4, -0.2) is 30.9 Å². The van der Waals surface area contributed by atoms with Crippen molar-refractivity contribution < 1.29 is 4.79 Å². The molecule has 1 amide bonds. The number of carbonyl (C=O) groups excluding carboxylic acids is 1. The minimum atomic E-state index is 0.138. The van der Waals surface area contributed by atoms with Crippen LogP contribution in [0.5, 0.6) is 0 Å². The third-order valence-corrected chi connectivity index (χ3v) is 4.23. The Morgan fingerprint density at radius 2 is 2.21 bits per heavy atom. The normalized spacial score (nSPS) is 18.9. The fourth-order valence-corrected chi connectivity index (χ4v) is 2.81. The van der Waals surface area contributed by atoms with Crippen molar-refractivity contribution in [3.63, 3.8) is 0 Å². The van der Waals surface area contributed by atoms with Crippen molar-refractivity contribution in [3.8, 4) is 0 Å². The fourth-order valence-electron chi connectivity index (χ4n) is 2.51. The van der Waals surface area contributed by atoms with E-state index in [0.717, 1.165) is 24.9 Å². The fraction of sp³-hybridized carbons (Fsp3) is 0.500. The van der Waals surface area contributed by atoms with Gasteiger partial charge in [0, 0.05) is 19.5 Å². The van der Waals surface area contributed by atoms with Crippen LogP contribution in [0.25, 0.3) is 0 Å². The molecule has 1 unspecified atom stereocenters. The number of hydrogen-bond acceptors (Lipinski definition) is 2. The van der Waals surface area contributed by atoms with Gasteiger partial charge in [-0.25, -0.2) is 0 Å². The SMILES string of the molecule is CNCCC(=O)N1CCCC1c1ccc(Cl)c(Cl)c1. The summed E-state index contributed by atoms with van der Waals surface area (Å²) < 4.78 is 0. The molecule has 19 heavy (non-hydrogen) atoms. The van der Waals surface area contributed by atoms with Gasteiger partial charge >= 0.3 is 0 Å². The maximum Gasteiger partial charge on any atom is 0.224 e. The van der Waals surface area contributed by atoms with Gasteiger partial charge in [-0.2, -0.15) is 0 Å². The highest BCUT2D eigenvalue weighted by atomic mass is 35.5. The number of hydrogen-bond donors (Lipinski definition) is 1. The van der Waals surface area contributed by atoms with E-state index in [4.69, 9.17) is 23.2 Å². The Bertz CT molecular complexity index is 465. The van der Waals surface area contributed by atoms with Gasteiger partial charge in [0.15, 0.2) is 0 Å². The lowest BCUT2D eigenvalue weighted by atomic mass is 10.0. The molecule has 104 valence electrons. The van der Waals surface area contributed by atoms with Crippen molar-refractivity contribution in [2.24, 2.45) is 0 Å². The number of likely N-dealkylation sites (tertiary alicyclic amines) is 1. The average Bonchev–Trinajstić information content (AvgIpc) is 2.88. The molecule has 1 N–H and O–H groups in total. The number of carbonyl (C=O) groups is 1. The summed E-state index contributed by atoms with van der Waals surface area (Å²) in [6.45, 7) is 1.54. The highest BCUT2D eigenvalue weighted by Gasteiger charge is 2.29. The first-order valence-electron chi connectivity index (χ1n) is 6.52. The Kier molecular flexibility index (Phi) is 5.08. The van der Waals surface area contributed by atoms with Crippen molar-refractivity contribution >= 4 is 29.1 Å². The zero-order chi connectivity index (χ0) is 13.8. The molecule has 1 aromatic rings. The van der Waals surface area contributed by atoms with E-state index in [-0.39, 0.29) is 11.9 Å². The minimum Gasteiger partial charge on any atom is -0.336 e. The molecule has 1 aliphatic rings. The summed E-state index contributed by atoms with van der Waals surface area (Å²) in [7, 11) is 1.85. The average molecular weight is 301 g/mol. The van der Waals surface area contributed by atoms with E-state index in [1.807, 2.05) is 24.1 Å². The van der Waals surface area contributed by atoms with Crippen LogP contribution in [0.1, 0.15) is 30.9 Å². The lowest BCUT2D eigenvalue weighted by molar-refractivity contribution is -0.132. The molecular formula is C14H18Cl2N2O. The third kappa shape index (κ3) is 3.41. The van der Waals surface area contributed by atoms with Crippen LogP contribution in [0.2, 0.25) is 10.0 Å². The highest BCUT2D eigenvalue weighted by Crippen LogP contribution is 2.35. The highest BCUT2D eigenvalue weighted by molar-refractivity contribution is 6.42. The lowest BCUT2D eigenvalue weighted by Crippen LogP contribution is -2.32. The molecule has 1 aromatic carbocycles. The van der Waals surface area contributed by atoms with Gasteiger partial charge in [0.2, 0.25) is 5.91 Å². The van der Waals surface area contributed by atoms with E-state index in [1.54, 1.807) is 6.07 Å². The van der Waals surface area contributed by atoms with Crippen molar-refractivity contribution in [1.29, 1.82) is 0 Å². The molecule has 1 aliphatic heterocycles. The van der Waals surface area contributed by atoms with Gasteiger partial charge in [0.05, 0.1) is 16.1 Å². The molecule has 1 saturated heterocycles. The maximum atomic E-state index is 12.2. The number of rotatable bonds is 4. The first-order chi connectivity index (χ1) is 9.13. The molecule has 1 fully saturated rings. The summed E-state index contributed by atoms with van der Waals surface area (Å²) in [6, 6.07) is 5.77. The smallest absolute Gasteiger partial charge is 0.224 e. The van der Waals surface area contributed by atoms with Crippen molar-refractivity contribution in [2.75, 3.05) is 20.1 Å². The van der Waals surface area contributed by atoms with Gasteiger partial charge in [0.25, 0.3) is 0 Å². The van der Waals surface area contributed by atoms with Crippen molar-refractivity contribution in [2.45, 2.75) is 25.3 Å². The molecule has 0 bridgehead atoms. The molecule has 0 radical (unpaired) electrons. The molecule has 1 heterocycles. The van der Waals surface area contributed by atoms with Crippen LogP contribution >= 0.6 is 23.2 Å². The van der Waals surface area contributed by atoms with Gasteiger partial charge < -0.3 is 10.2 Å². The van der Waals surface area contributed by atoms with E-state index < -0.39 is 0 Å². The molecule has 1 atom stereocenters. The molecule has 5 heteroatoms. The second-order valence-electron chi connectivity index (χ2n) is 4.77. The van der Waals surface area contributed by atoms with Crippen molar-refractivity contribution in [1.82, 2.24) is 10.2 Å². The minimum absolute atomic E-state index is 0.138. The predicted molar refractivity (Wildman–Crippen MR) is 78.7 cm³/mol. The van der Waals surface area contributed by atoms with Gasteiger partial charge in [0.1, 0.15) is 0 Å². The standard InChI is InChI=1S/C14H18Cl2N2O/c1-17-7-6-14(19)18-8-2-3-13(18)10-4-5-11(15)12(16)9-10/h4-5,9,13,17H,2-3,6-8H2,1H3. The second-order valence-corrected chi connectivity index (χ2v) is 5.59. The first-order valence-corrected chi connectivity index (χ1v) is 7.28. The van der Waals surface area contributed by atoms with Crippen LogP contribution in [0, 0.1) is 0 Å². The van der Waals surface area contributed by atoms with Gasteiger partial charge in [-0.3, -0.25) is 4.79 Å². The number of nitrogens with one attached hydrogen (secondary N) is 1. The summed E-state index contributed by atoms with van der Waals surface area (Å²) in [4.78, 5) is 14.1. The van der Waals surface area contributed by atoms with E-state index in [1.165, 1.54) is 0 Å². The van der Waals surface area contributed by atoms with Crippen molar-refractivity contribution in [3.05, 3.63) is 33.8 Å². The Morgan fingerprint density at radius 3 is 2.89 bits per heavy atom.